The minimum absolute atomic E-state index is 0.0559. The first-order chi connectivity index (χ1) is 29.0. The molecule has 238 valence electrons. The molecule has 0 aliphatic carbocycles. The van der Waals surface area contributed by atoms with Crippen LogP contribution in [0.3, 0.4) is 0 Å². The Bertz CT molecular complexity index is 3650. The van der Waals surface area contributed by atoms with Gasteiger partial charge in [-0.15, -0.1) is 11.3 Å². The number of benzene rings is 8. The largest absolute Gasteiger partial charge is 0.309 e. The molecule has 0 unspecified atom stereocenters. The topological polar surface area (TPSA) is 9.86 Å². The van der Waals surface area contributed by atoms with Crippen LogP contribution < -0.4 is 0 Å². The van der Waals surface area contributed by atoms with Gasteiger partial charge in [-0.3, -0.25) is 0 Å². The summed E-state index contributed by atoms with van der Waals surface area (Å²) >= 11 is 1.72. The Morgan fingerprint density at radius 3 is 1.94 bits per heavy atom. The van der Waals surface area contributed by atoms with Crippen molar-refractivity contribution < 1.29 is 12.3 Å². The molecule has 3 heteroatoms. The van der Waals surface area contributed by atoms with Crippen LogP contribution in [-0.4, -0.2) is 9.13 Å². The number of fused-ring (bicyclic) bond motifs is 9. The van der Waals surface area contributed by atoms with Crippen LogP contribution in [0.1, 0.15) is 12.3 Å². The molecule has 0 atom stereocenters. The third-order valence-corrected chi connectivity index (χ3v) is 11.1. The fourth-order valence-corrected chi connectivity index (χ4v) is 8.83. The van der Waals surface area contributed by atoms with Gasteiger partial charge in [-0.2, -0.15) is 0 Å². The Kier molecular flexibility index (Phi) is 4.54. The molecule has 8 aromatic carbocycles. The fourth-order valence-electron chi connectivity index (χ4n) is 7.72. The van der Waals surface area contributed by atoms with E-state index in [1.54, 1.807) is 17.4 Å². The predicted molar refractivity (Wildman–Crippen MR) is 219 cm³/mol. The van der Waals surface area contributed by atoms with Gasteiger partial charge in [-0.05, 0) is 89.0 Å². The summed E-state index contributed by atoms with van der Waals surface area (Å²) in [6.45, 7) is 0. The van der Waals surface area contributed by atoms with Crippen molar-refractivity contribution in [2.75, 3.05) is 0 Å². The van der Waals surface area contributed by atoms with Crippen LogP contribution in [0, 0.1) is 0 Å². The Morgan fingerprint density at radius 2 is 1.08 bits per heavy atom. The zero-order valence-corrected chi connectivity index (χ0v) is 27.7. The molecule has 0 amide bonds. The van der Waals surface area contributed by atoms with Gasteiger partial charge in [0, 0.05) is 47.4 Å². The summed E-state index contributed by atoms with van der Waals surface area (Å²) in [4.78, 5) is 0. The molecule has 2 nitrogen and oxygen atoms in total. The summed E-state index contributed by atoms with van der Waals surface area (Å²) in [6, 6.07) is 40.2. The molecule has 11 aromatic rings. The molecule has 0 fully saturated rings. The lowest BCUT2D eigenvalue weighted by atomic mass is 9.98. The van der Waals surface area contributed by atoms with Gasteiger partial charge in [-0.25, -0.2) is 0 Å². The van der Waals surface area contributed by atoms with Crippen LogP contribution >= 0.6 is 11.3 Å². The van der Waals surface area contributed by atoms with E-state index in [0.29, 0.717) is 16.5 Å². The predicted octanol–water partition coefficient (Wildman–Crippen LogP) is 13.6. The van der Waals surface area contributed by atoms with Gasteiger partial charge in [-0.1, -0.05) is 115 Å². The van der Waals surface area contributed by atoms with E-state index in [1.165, 1.54) is 0 Å². The number of nitrogens with zero attached hydrogens (tertiary/aromatic N) is 2. The summed E-state index contributed by atoms with van der Waals surface area (Å²) in [7, 11) is 0. The van der Waals surface area contributed by atoms with Gasteiger partial charge in [0.25, 0.3) is 0 Å². The van der Waals surface area contributed by atoms with Crippen molar-refractivity contribution >= 4 is 75.1 Å². The highest BCUT2D eigenvalue weighted by atomic mass is 32.1. The summed E-state index contributed by atoms with van der Waals surface area (Å²) in [5.41, 5.74) is 7.54. The Hall–Kier alpha value is -6.42. The lowest BCUT2D eigenvalue weighted by Crippen LogP contribution is -1.96. The van der Waals surface area contributed by atoms with Crippen LogP contribution in [-0.2, 0) is 0 Å². The second-order valence-corrected chi connectivity index (χ2v) is 13.8. The third kappa shape index (κ3) is 4.29. The van der Waals surface area contributed by atoms with Crippen LogP contribution in [0.4, 0.5) is 0 Å². The molecule has 0 bridgehead atoms. The lowest BCUT2D eigenvalue weighted by Gasteiger charge is -2.12. The Labute approximate surface area is 311 Å². The SMILES string of the molecule is [2H]c1c([2H])c([2H])c(-c2cccc(-c3ccc4sc5cccc(-n6c7ccccc7c7cc(-n8c9ccccc9c9c([2H])c([2H])c([2H])c([2H])c98)ccc76)c5c4c3)c2)c([2H])c1[2H]. The average molecular weight is 676 g/mol. The zero-order valence-electron chi connectivity index (χ0n) is 35.9. The number of hydrogen-bond acceptors (Lipinski definition) is 1. The molecule has 0 saturated carbocycles. The second kappa shape index (κ2) is 11.0. The number of aromatic nitrogens is 2. The molecular weight excluding hydrogens is 637 g/mol. The number of thiophene rings is 1. The highest BCUT2D eigenvalue weighted by molar-refractivity contribution is 7.25. The molecule has 3 aromatic heterocycles. The molecule has 0 aliphatic heterocycles. The van der Waals surface area contributed by atoms with E-state index in [-0.39, 0.29) is 53.9 Å². The standard InChI is InChI=1S/C48H30N2S/c1-2-12-31(13-3-1)32-14-10-15-33(28-32)34-24-27-46-40(29-34)48-45(22-11-23-47(48)51-46)50-43-21-9-6-18-38(43)39-30-35(25-26-44(39)50)49-41-19-7-4-16-36(41)37-17-5-8-20-42(37)49/h1-30H/i1D,2D,3D,4D,7D,12D,13D,16D,19D. The van der Waals surface area contributed by atoms with E-state index in [9.17, 15) is 0 Å². The molecule has 0 radical (unpaired) electrons. The first-order valence-electron chi connectivity index (χ1n) is 21.2. The maximum atomic E-state index is 9.00. The molecule has 11 rings (SSSR count). The molecule has 0 saturated heterocycles. The zero-order chi connectivity index (χ0) is 41.3. The van der Waals surface area contributed by atoms with Gasteiger partial charge in [0.05, 0.1) is 40.1 Å². The molecule has 51 heavy (non-hydrogen) atoms. The highest BCUT2D eigenvalue weighted by Gasteiger charge is 2.19. The first-order valence-corrected chi connectivity index (χ1v) is 17.5. The van der Waals surface area contributed by atoms with E-state index in [0.717, 1.165) is 75.4 Å². The van der Waals surface area contributed by atoms with Crippen molar-refractivity contribution in [3.8, 4) is 33.6 Å². The van der Waals surface area contributed by atoms with Gasteiger partial charge < -0.3 is 9.13 Å². The monoisotopic (exact) mass is 675 g/mol. The maximum absolute atomic E-state index is 9.00. The van der Waals surface area contributed by atoms with Crippen molar-refractivity contribution in [1.29, 1.82) is 0 Å². The third-order valence-electron chi connectivity index (χ3n) is 9.92. The van der Waals surface area contributed by atoms with Gasteiger partial charge in [0.2, 0.25) is 0 Å². The Balaban J connectivity index is 1.12. The summed E-state index contributed by atoms with van der Waals surface area (Å²) in [6.07, 6.45) is 0. The smallest absolute Gasteiger partial charge is 0.0645 e. The van der Waals surface area contributed by atoms with Crippen molar-refractivity contribution in [2.45, 2.75) is 0 Å². The molecule has 0 aliphatic rings. The van der Waals surface area contributed by atoms with Crippen LogP contribution in [0.5, 0.6) is 0 Å². The lowest BCUT2D eigenvalue weighted by molar-refractivity contribution is 1.17. The average Bonchev–Trinajstić information content (AvgIpc) is 3.94. The number of rotatable bonds is 4. The Morgan fingerprint density at radius 1 is 0.392 bits per heavy atom. The first kappa shape index (κ1) is 20.9. The highest BCUT2D eigenvalue weighted by Crippen LogP contribution is 2.43. The van der Waals surface area contributed by atoms with E-state index in [4.69, 9.17) is 12.3 Å². The second-order valence-electron chi connectivity index (χ2n) is 12.7. The van der Waals surface area contributed by atoms with Gasteiger partial charge >= 0.3 is 0 Å². The quantitative estimate of drug-likeness (QED) is 0.176. The summed E-state index contributed by atoms with van der Waals surface area (Å²) in [5.74, 6) is 0. The molecular formula is C48H30N2S. The van der Waals surface area contributed by atoms with E-state index in [2.05, 4.69) is 65.2 Å². The maximum Gasteiger partial charge on any atom is 0.0645 e. The van der Waals surface area contributed by atoms with Crippen LogP contribution in [0.15, 0.2) is 182 Å². The van der Waals surface area contributed by atoms with E-state index < -0.39 is 6.04 Å². The van der Waals surface area contributed by atoms with Crippen molar-refractivity contribution in [1.82, 2.24) is 9.13 Å². The molecule has 3 heterocycles. The van der Waals surface area contributed by atoms with Crippen molar-refractivity contribution in [3.63, 3.8) is 0 Å². The van der Waals surface area contributed by atoms with Crippen molar-refractivity contribution in [3.05, 3.63) is 182 Å². The minimum atomic E-state index is -0.416. The minimum Gasteiger partial charge on any atom is -0.309 e. The normalized spacial score (nSPS) is 14.4. The number of hydrogen-bond donors (Lipinski definition) is 0. The number of para-hydroxylation sites is 3. The van der Waals surface area contributed by atoms with Crippen molar-refractivity contribution in [2.24, 2.45) is 0 Å². The summed E-state index contributed by atoms with van der Waals surface area (Å²) in [5, 5.41) is 5.45. The van der Waals surface area contributed by atoms with Gasteiger partial charge in [0.1, 0.15) is 0 Å². The van der Waals surface area contributed by atoms with E-state index in [1.807, 2.05) is 65.2 Å². The van der Waals surface area contributed by atoms with E-state index >= 15 is 0 Å². The molecule has 0 spiro atoms. The summed E-state index contributed by atoms with van der Waals surface area (Å²) < 4.78 is 82.9. The van der Waals surface area contributed by atoms with Crippen LogP contribution in [0.2, 0.25) is 0 Å². The van der Waals surface area contributed by atoms with Crippen LogP contribution in [0.25, 0.3) is 97.4 Å². The fraction of sp³-hybridized carbons (Fsp3) is 0. The molecule has 0 N–H and O–H groups in total. The van der Waals surface area contributed by atoms with Gasteiger partial charge in [0.15, 0.2) is 0 Å².